The van der Waals surface area contributed by atoms with E-state index in [0.29, 0.717) is 31.7 Å². The van der Waals surface area contributed by atoms with Gasteiger partial charge in [0.2, 0.25) is 5.91 Å². The number of aliphatic carboxylic acids is 1. The Kier molecular flexibility index (Phi) is 5.83. The normalized spacial score (nSPS) is 26.5. The third-order valence-corrected chi connectivity index (χ3v) is 5.00. The van der Waals surface area contributed by atoms with Crippen LogP contribution in [0.2, 0.25) is 0 Å². The smallest absolute Gasteiger partial charge is 0.306 e. The molecule has 4 nitrogen and oxygen atoms in total. The van der Waals surface area contributed by atoms with Crippen molar-refractivity contribution in [3.8, 4) is 0 Å². The van der Waals surface area contributed by atoms with E-state index in [9.17, 15) is 9.59 Å². The lowest BCUT2D eigenvalue weighted by Gasteiger charge is -2.30. The fourth-order valence-electron chi connectivity index (χ4n) is 3.78. The Hall–Kier alpha value is -1.32. The average Bonchev–Trinajstić information content (AvgIpc) is 2.97. The fourth-order valence-corrected chi connectivity index (χ4v) is 3.78. The maximum absolute atomic E-state index is 12.7. The van der Waals surface area contributed by atoms with Crippen molar-refractivity contribution in [2.45, 2.75) is 51.4 Å². The molecular formula is C17H27NO3. The molecule has 2 aliphatic carbocycles. The van der Waals surface area contributed by atoms with Gasteiger partial charge in [-0.25, -0.2) is 0 Å². The van der Waals surface area contributed by atoms with E-state index in [1.165, 1.54) is 32.1 Å². The lowest BCUT2D eigenvalue weighted by molar-refractivity contribution is -0.141. The number of hydrogen-bond donors (Lipinski definition) is 1. The molecule has 0 unspecified atom stereocenters. The van der Waals surface area contributed by atoms with E-state index in [0.717, 1.165) is 6.54 Å². The van der Waals surface area contributed by atoms with Crippen molar-refractivity contribution >= 4 is 11.9 Å². The average molecular weight is 293 g/mol. The van der Waals surface area contributed by atoms with E-state index >= 15 is 0 Å². The molecule has 2 saturated carbocycles. The van der Waals surface area contributed by atoms with E-state index in [1.807, 2.05) is 4.90 Å². The monoisotopic (exact) mass is 293 g/mol. The summed E-state index contributed by atoms with van der Waals surface area (Å²) in [6, 6.07) is 0. The zero-order valence-electron chi connectivity index (χ0n) is 12.8. The molecule has 0 spiro atoms. The summed E-state index contributed by atoms with van der Waals surface area (Å²) in [7, 11) is 0. The molecule has 21 heavy (non-hydrogen) atoms. The molecule has 0 aromatic heterocycles. The summed E-state index contributed by atoms with van der Waals surface area (Å²) in [6.45, 7) is 5.16. The summed E-state index contributed by atoms with van der Waals surface area (Å²) in [5.41, 5.74) is 0. The lowest BCUT2D eigenvalue weighted by atomic mass is 9.88. The van der Waals surface area contributed by atoms with Crippen LogP contribution in [0.1, 0.15) is 51.4 Å². The molecule has 1 N–H and O–H groups in total. The van der Waals surface area contributed by atoms with Crippen LogP contribution in [0, 0.1) is 17.8 Å². The zero-order chi connectivity index (χ0) is 15.2. The van der Waals surface area contributed by atoms with Crippen LogP contribution in [0.5, 0.6) is 0 Å². The molecule has 2 aliphatic rings. The highest BCUT2D eigenvalue weighted by Crippen LogP contribution is 2.33. The van der Waals surface area contributed by atoms with Crippen LogP contribution in [-0.4, -0.2) is 35.0 Å². The van der Waals surface area contributed by atoms with Gasteiger partial charge in [0, 0.05) is 19.0 Å². The van der Waals surface area contributed by atoms with E-state index in [1.54, 1.807) is 6.08 Å². The number of carboxylic acid groups (broad SMARTS) is 1. The molecule has 0 heterocycles. The first kappa shape index (κ1) is 16.1. The largest absolute Gasteiger partial charge is 0.481 e. The second-order valence-corrected chi connectivity index (χ2v) is 6.58. The molecule has 2 rings (SSSR count). The predicted octanol–water partition coefficient (Wildman–Crippen LogP) is 3.08. The maximum atomic E-state index is 12.7. The van der Waals surface area contributed by atoms with Crippen molar-refractivity contribution < 1.29 is 14.7 Å². The number of carbonyl (C=O) groups is 2. The Morgan fingerprint density at radius 3 is 2.33 bits per heavy atom. The van der Waals surface area contributed by atoms with E-state index in [-0.39, 0.29) is 17.7 Å². The number of rotatable bonds is 6. The molecule has 2 fully saturated rings. The van der Waals surface area contributed by atoms with Crippen molar-refractivity contribution in [1.29, 1.82) is 0 Å². The Morgan fingerprint density at radius 2 is 1.76 bits per heavy atom. The molecule has 0 aromatic carbocycles. The van der Waals surface area contributed by atoms with Gasteiger partial charge in [0.25, 0.3) is 0 Å². The van der Waals surface area contributed by atoms with Crippen LogP contribution in [0.25, 0.3) is 0 Å². The van der Waals surface area contributed by atoms with E-state index in [2.05, 4.69) is 6.58 Å². The number of amides is 1. The number of carbonyl (C=O) groups excluding carboxylic acids is 1. The third kappa shape index (κ3) is 4.32. The molecule has 1 amide bonds. The van der Waals surface area contributed by atoms with Gasteiger partial charge in [-0.05, 0) is 38.0 Å². The molecule has 0 saturated heterocycles. The number of carboxylic acids is 1. The quantitative estimate of drug-likeness (QED) is 0.766. The standard InChI is InChI=1S/C17H27NO3/c1-2-10-18(12-13-6-4-3-5-7-13)16(19)14-8-9-15(11-14)17(20)21/h2,13-15H,1,3-12H2,(H,20,21)/t14-,15+/m0/s1. The van der Waals surface area contributed by atoms with Crippen LogP contribution < -0.4 is 0 Å². The second kappa shape index (κ2) is 7.62. The molecule has 0 aliphatic heterocycles. The Labute approximate surface area is 127 Å². The minimum atomic E-state index is -0.757. The van der Waals surface area contributed by atoms with Crippen LogP contribution >= 0.6 is 0 Å². The van der Waals surface area contributed by atoms with Gasteiger partial charge in [0.1, 0.15) is 0 Å². The SMILES string of the molecule is C=CCN(CC1CCCCC1)C(=O)[C@H]1CC[C@@H](C(=O)O)C1. The summed E-state index contributed by atoms with van der Waals surface area (Å²) < 4.78 is 0. The van der Waals surface area contributed by atoms with Gasteiger partial charge in [-0.2, -0.15) is 0 Å². The van der Waals surface area contributed by atoms with Crippen LogP contribution in [0.15, 0.2) is 12.7 Å². The highest BCUT2D eigenvalue weighted by atomic mass is 16.4. The Bertz CT molecular complexity index is 387. The van der Waals surface area contributed by atoms with Gasteiger partial charge < -0.3 is 10.0 Å². The summed E-state index contributed by atoms with van der Waals surface area (Å²) in [6.07, 6.45) is 9.92. The summed E-state index contributed by atoms with van der Waals surface area (Å²) in [5, 5.41) is 9.07. The van der Waals surface area contributed by atoms with Crippen LogP contribution in [0.4, 0.5) is 0 Å². The van der Waals surface area contributed by atoms with Crippen molar-refractivity contribution in [2.24, 2.45) is 17.8 Å². The highest BCUT2D eigenvalue weighted by Gasteiger charge is 2.36. The number of nitrogens with zero attached hydrogens (tertiary/aromatic N) is 1. The first-order valence-electron chi connectivity index (χ1n) is 8.24. The molecule has 0 radical (unpaired) electrons. The summed E-state index contributed by atoms with van der Waals surface area (Å²) >= 11 is 0. The predicted molar refractivity (Wildman–Crippen MR) is 81.8 cm³/mol. The van der Waals surface area contributed by atoms with Gasteiger partial charge in [-0.3, -0.25) is 9.59 Å². The molecule has 2 atom stereocenters. The van der Waals surface area contributed by atoms with Gasteiger partial charge in [-0.15, -0.1) is 6.58 Å². The maximum Gasteiger partial charge on any atom is 0.306 e. The summed E-state index contributed by atoms with van der Waals surface area (Å²) in [5.74, 6) is -0.440. The number of hydrogen-bond acceptors (Lipinski definition) is 2. The third-order valence-electron chi connectivity index (χ3n) is 5.00. The van der Waals surface area contributed by atoms with Gasteiger partial charge in [0.05, 0.1) is 5.92 Å². The fraction of sp³-hybridized carbons (Fsp3) is 0.765. The topological polar surface area (TPSA) is 57.6 Å². The molecule has 118 valence electrons. The van der Waals surface area contributed by atoms with Gasteiger partial charge in [0.15, 0.2) is 0 Å². The van der Waals surface area contributed by atoms with Crippen molar-refractivity contribution in [1.82, 2.24) is 4.90 Å². The van der Waals surface area contributed by atoms with Crippen molar-refractivity contribution in [2.75, 3.05) is 13.1 Å². The first-order chi connectivity index (χ1) is 10.1. The summed E-state index contributed by atoms with van der Waals surface area (Å²) in [4.78, 5) is 25.6. The first-order valence-corrected chi connectivity index (χ1v) is 8.24. The van der Waals surface area contributed by atoms with E-state index in [4.69, 9.17) is 5.11 Å². The van der Waals surface area contributed by atoms with Crippen molar-refractivity contribution in [3.05, 3.63) is 12.7 Å². The highest BCUT2D eigenvalue weighted by molar-refractivity contribution is 5.81. The minimum Gasteiger partial charge on any atom is -0.481 e. The second-order valence-electron chi connectivity index (χ2n) is 6.58. The molecule has 0 bridgehead atoms. The van der Waals surface area contributed by atoms with Crippen LogP contribution in [0.3, 0.4) is 0 Å². The van der Waals surface area contributed by atoms with Crippen molar-refractivity contribution in [3.63, 3.8) is 0 Å². The van der Waals surface area contributed by atoms with Gasteiger partial charge >= 0.3 is 5.97 Å². The van der Waals surface area contributed by atoms with Gasteiger partial charge in [-0.1, -0.05) is 25.3 Å². The Balaban J connectivity index is 1.92. The minimum absolute atomic E-state index is 0.102. The Morgan fingerprint density at radius 1 is 1.10 bits per heavy atom. The zero-order valence-corrected chi connectivity index (χ0v) is 12.8. The molecule has 0 aromatic rings. The molecular weight excluding hydrogens is 266 g/mol. The lowest BCUT2D eigenvalue weighted by Crippen LogP contribution is -2.39. The van der Waals surface area contributed by atoms with Crippen LogP contribution in [-0.2, 0) is 9.59 Å². The molecule has 4 heteroatoms. The van der Waals surface area contributed by atoms with E-state index < -0.39 is 5.97 Å².